The number of amides is 1. The Morgan fingerprint density at radius 1 is 1.30 bits per heavy atom. The number of nitrogens with two attached hydrogens (primary N) is 1. The van der Waals surface area contributed by atoms with E-state index in [1.54, 1.807) is 11.8 Å². The Hall–Kier alpha value is -1.20. The van der Waals surface area contributed by atoms with Gasteiger partial charge >= 0.3 is 0 Å². The maximum absolute atomic E-state index is 11.9. The molecule has 130 valence electrons. The molecule has 0 aliphatic rings. The summed E-state index contributed by atoms with van der Waals surface area (Å²) in [4.78, 5) is 11.9. The van der Waals surface area contributed by atoms with E-state index in [1.807, 2.05) is 25.3 Å². The Morgan fingerprint density at radius 2 is 1.91 bits per heavy atom. The summed E-state index contributed by atoms with van der Waals surface area (Å²) in [6.45, 7) is 8.89. The molecule has 0 saturated carbocycles. The molecule has 23 heavy (non-hydrogen) atoms. The first-order valence-electron chi connectivity index (χ1n) is 8.02. The summed E-state index contributed by atoms with van der Waals surface area (Å²) < 4.78 is 5.74. The van der Waals surface area contributed by atoms with Crippen LogP contribution in [0.3, 0.4) is 0 Å². The molecule has 2 atom stereocenters. The van der Waals surface area contributed by atoms with Crippen LogP contribution in [0.1, 0.15) is 39.7 Å². The van der Waals surface area contributed by atoms with Crippen LogP contribution in [-0.4, -0.2) is 36.6 Å². The molecule has 3 N–H and O–H groups in total. The molecule has 0 aliphatic heterocycles. The molecule has 0 fully saturated rings. The summed E-state index contributed by atoms with van der Waals surface area (Å²) in [6.07, 6.45) is 2.70. The highest BCUT2D eigenvalue weighted by Gasteiger charge is 2.16. The third kappa shape index (κ3) is 7.27. The minimum atomic E-state index is -0.448. The van der Waals surface area contributed by atoms with Gasteiger partial charge in [0.2, 0.25) is 5.91 Å². The van der Waals surface area contributed by atoms with Crippen LogP contribution in [0.2, 0.25) is 0 Å². The fourth-order valence-corrected chi connectivity index (χ4v) is 2.53. The van der Waals surface area contributed by atoms with E-state index in [2.05, 4.69) is 38.2 Å². The van der Waals surface area contributed by atoms with Crippen LogP contribution in [0, 0.1) is 0 Å². The molecule has 0 spiro atoms. The first-order valence-corrected chi connectivity index (χ1v) is 9.41. The molecule has 0 radical (unpaired) electrons. The zero-order valence-corrected chi connectivity index (χ0v) is 15.7. The van der Waals surface area contributed by atoms with Crippen molar-refractivity contribution in [3.63, 3.8) is 0 Å². The molecule has 1 aromatic rings. The van der Waals surface area contributed by atoms with Gasteiger partial charge in [-0.3, -0.25) is 4.79 Å². The number of ether oxygens (including phenoxy) is 1. The number of carbonyl (C=O) groups excluding carboxylic acids is 1. The molecule has 0 saturated heterocycles. The molecular formula is C18H30N2O2S. The Morgan fingerprint density at radius 3 is 2.43 bits per heavy atom. The zero-order valence-electron chi connectivity index (χ0n) is 14.9. The van der Waals surface area contributed by atoms with E-state index < -0.39 is 6.04 Å². The topological polar surface area (TPSA) is 64.4 Å². The van der Waals surface area contributed by atoms with Gasteiger partial charge < -0.3 is 15.8 Å². The highest BCUT2D eigenvalue weighted by Crippen LogP contribution is 2.24. The molecule has 0 aliphatic carbocycles. The van der Waals surface area contributed by atoms with Crippen LogP contribution >= 0.6 is 11.8 Å². The first kappa shape index (κ1) is 19.8. The zero-order chi connectivity index (χ0) is 17.5. The highest BCUT2D eigenvalue weighted by atomic mass is 32.2. The first-order chi connectivity index (χ1) is 10.7. The van der Waals surface area contributed by atoms with Crippen molar-refractivity contribution >= 4 is 17.7 Å². The van der Waals surface area contributed by atoms with E-state index in [9.17, 15) is 4.79 Å². The largest absolute Gasteiger partial charge is 0.491 e. The third-order valence-corrected chi connectivity index (χ3v) is 4.22. The van der Waals surface area contributed by atoms with Crippen molar-refractivity contribution in [1.29, 1.82) is 0 Å². The van der Waals surface area contributed by atoms with Crippen LogP contribution in [0.5, 0.6) is 5.75 Å². The van der Waals surface area contributed by atoms with Gasteiger partial charge in [0.05, 0.1) is 12.1 Å². The number of hydrogen-bond donors (Lipinski definition) is 2. The van der Waals surface area contributed by atoms with Crippen LogP contribution in [0.4, 0.5) is 0 Å². The lowest BCUT2D eigenvalue weighted by Crippen LogP contribution is -2.46. The number of rotatable bonds is 8. The van der Waals surface area contributed by atoms with Gasteiger partial charge in [-0.15, -0.1) is 0 Å². The lowest BCUT2D eigenvalue weighted by atomic mass is 9.87. The van der Waals surface area contributed by atoms with Crippen LogP contribution in [0.15, 0.2) is 24.3 Å². The second-order valence-electron chi connectivity index (χ2n) is 6.88. The van der Waals surface area contributed by atoms with Gasteiger partial charge in [0, 0.05) is 0 Å². The van der Waals surface area contributed by atoms with Gasteiger partial charge in [-0.1, -0.05) is 32.9 Å². The van der Waals surface area contributed by atoms with E-state index in [0.29, 0.717) is 13.0 Å². The molecule has 1 aromatic carbocycles. The summed E-state index contributed by atoms with van der Waals surface area (Å²) in [5, 5.41) is 2.90. The number of hydrogen-bond acceptors (Lipinski definition) is 4. The van der Waals surface area contributed by atoms with Crippen molar-refractivity contribution < 1.29 is 9.53 Å². The molecule has 0 aromatic heterocycles. The Kier molecular flexibility index (Phi) is 7.92. The van der Waals surface area contributed by atoms with E-state index >= 15 is 0 Å². The molecule has 0 bridgehead atoms. The number of nitrogens with one attached hydrogen (secondary N) is 1. The van der Waals surface area contributed by atoms with E-state index in [4.69, 9.17) is 10.5 Å². The number of benzene rings is 1. The summed E-state index contributed by atoms with van der Waals surface area (Å²) in [5.74, 6) is 1.59. The lowest BCUT2D eigenvalue weighted by molar-refractivity contribution is -0.123. The predicted octanol–water partition coefficient (Wildman–Crippen LogP) is 2.95. The van der Waals surface area contributed by atoms with Crippen LogP contribution in [0.25, 0.3) is 0 Å². The second-order valence-corrected chi connectivity index (χ2v) is 7.87. The third-order valence-electron chi connectivity index (χ3n) is 3.58. The average molecular weight is 339 g/mol. The maximum Gasteiger partial charge on any atom is 0.237 e. The Balaban J connectivity index is 2.41. The van der Waals surface area contributed by atoms with Gasteiger partial charge in [0.15, 0.2) is 0 Å². The minimum absolute atomic E-state index is 0.0786. The summed E-state index contributed by atoms with van der Waals surface area (Å²) in [5.41, 5.74) is 7.25. The monoisotopic (exact) mass is 338 g/mol. The highest BCUT2D eigenvalue weighted by molar-refractivity contribution is 7.98. The van der Waals surface area contributed by atoms with Crippen molar-refractivity contribution in [2.75, 3.05) is 18.6 Å². The van der Waals surface area contributed by atoms with Crippen LogP contribution < -0.4 is 15.8 Å². The normalized spacial score (nSPS) is 14.2. The summed E-state index contributed by atoms with van der Waals surface area (Å²) in [7, 11) is 0. The van der Waals surface area contributed by atoms with Gasteiger partial charge in [-0.25, -0.2) is 0 Å². The van der Waals surface area contributed by atoms with Crippen molar-refractivity contribution in [2.45, 2.75) is 51.6 Å². The smallest absolute Gasteiger partial charge is 0.237 e. The molecule has 5 heteroatoms. The molecular weight excluding hydrogens is 308 g/mol. The fourth-order valence-electron chi connectivity index (χ4n) is 2.04. The molecule has 4 nitrogen and oxygen atoms in total. The molecule has 1 unspecified atom stereocenters. The predicted molar refractivity (Wildman–Crippen MR) is 99.2 cm³/mol. The van der Waals surface area contributed by atoms with Gasteiger partial charge in [0.1, 0.15) is 12.4 Å². The summed E-state index contributed by atoms with van der Waals surface area (Å²) >= 11 is 1.69. The van der Waals surface area contributed by atoms with Gasteiger partial charge in [-0.2, -0.15) is 11.8 Å². The number of thioether (sulfide) groups is 1. The van der Waals surface area contributed by atoms with Crippen molar-refractivity contribution in [1.82, 2.24) is 5.32 Å². The van der Waals surface area contributed by atoms with E-state index in [-0.39, 0.29) is 17.4 Å². The Bertz CT molecular complexity index is 483. The van der Waals surface area contributed by atoms with Gasteiger partial charge in [-0.05, 0) is 48.5 Å². The summed E-state index contributed by atoms with van der Waals surface area (Å²) in [6, 6.07) is 7.58. The van der Waals surface area contributed by atoms with Crippen molar-refractivity contribution in [2.24, 2.45) is 5.73 Å². The van der Waals surface area contributed by atoms with Crippen molar-refractivity contribution in [3.8, 4) is 5.75 Å². The fraction of sp³-hybridized carbons (Fsp3) is 0.611. The average Bonchev–Trinajstić information content (AvgIpc) is 2.50. The quantitative estimate of drug-likeness (QED) is 0.765. The lowest BCUT2D eigenvalue weighted by Gasteiger charge is -2.20. The van der Waals surface area contributed by atoms with E-state index in [1.165, 1.54) is 5.56 Å². The second kappa shape index (κ2) is 9.18. The molecule has 1 amide bonds. The SMILES string of the molecule is CSCC[C@H](N)C(=O)NC(C)COc1ccc(C(C)(C)C)cc1. The van der Waals surface area contributed by atoms with Crippen LogP contribution in [-0.2, 0) is 10.2 Å². The molecule has 0 heterocycles. The molecule has 1 rings (SSSR count). The van der Waals surface area contributed by atoms with E-state index in [0.717, 1.165) is 11.5 Å². The number of carbonyl (C=O) groups is 1. The van der Waals surface area contributed by atoms with Crippen molar-refractivity contribution in [3.05, 3.63) is 29.8 Å². The van der Waals surface area contributed by atoms with Gasteiger partial charge in [0.25, 0.3) is 0 Å². The standard InChI is InChI=1S/C18H30N2O2S/c1-13(20-17(21)16(19)10-11-23-5)12-22-15-8-6-14(7-9-15)18(2,3)4/h6-9,13,16H,10-12,19H2,1-5H3,(H,20,21)/t13?,16-/m0/s1. The minimum Gasteiger partial charge on any atom is -0.491 e. The maximum atomic E-state index is 11.9. The Labute approximate surface area is 144 Å².